The normalized spacial score (nSPS) is 38.8. The van der Waals surface area contributed by atoms with Crippen LogP contribution in [0.4, 0.5) is 0 Å². The predicted molar refractivity (Wildman–Crippen MR) is 82.1 cm³/mol. The Hall–Kier alpha value is -0.163. The fraction of sp³-hybridized carbons (Fsp3) is 0.875. The second-order valence-electron chi connectivity index (χ2n) is 7.57. The topological polar surface area (TPSA) is 27.7 Å². The average Bonchev–Trinajstić information content (AvgIpc) is 2.84. The first-order valence-electron chi connectivity index (χ1n) is 8.00. The maximum absolute atomic E-state index is 6.56. The van der Waals surface area contributed by atoms with E-state index in [-0.39, 0.29) is 11.4 Å². The van der Waals surface area contributed by atoms with E-state index < -0.39 is 8.32 Å². The highest BCUT2D eigenvalue weighted by Crippen LogP contribution is 2.64. The zero-order valence-electron chi connectivity index (χ0n) is 13.1. The number of hydrogen-bond donors (Lipinski definition) is 0. The van der Waals surface area contributed by atoms with E-state index >= 15 is 0 Å². The van der Waals surface area contributed by atoms with Gasteiger partial charge < -0.3 is 13.9 Å². The Balaban J connectivity index is 1.76. The average molecular weight is 296 g/mol. The van der Waals surface area contributed by atoms with Gasteiger partial charge in [0.15, 0.2) is 14.1 Å². The molecule has 0 unspecified atom stereocenters. The molecule has 0 aromatic heterocycles. The van der Waals surface area contributed by atoms with Gasteiger partial charge in [-0.05, 0) is 51.2 Å². The zero-order chi connectivity index (χ0) is 14.4. The molecule has 1 saturated heterocycles. The molecule has 4 heteroatoms. The van der Waals surface area contributed by atoms with Crippen molar-refractivity contribution in [3.63, 3.8) is 0 Å². The van der Waals surface area contributed by atoms with Crippen LogP contribution in [0.1, 0.15) is 32.1 Å². The van der Waals surface area contributed by atoms with Crippen LogP contribution < -0.4 is 0 Å². The van der Waals surface area contributed by atoms with Gasteiger partial charge in [-0.15, -0.1) is 6.58 Å². The first-order valence-corrected chi connectivity index (χ1v) is 11.4. The molecule has 2 aliphatic carbocycles. The van der Waals surface area contributed by atoms with Crippen LogP contribution in [-0.4, -0.2) is 32.9 Å². The van der Waals surface area contributed by atoms with Crippen molar-refractivity contribution in [3.8, 4) is 0 Å². The Labute approximate surface area is 123 Å². The van der Waals surface area contributed by atoms with Crippen molar-refractivity contribution < 1.29 is 13.9 Å². The highest BCUT2D eigenvalue weighted by molar-refractivity contribution is 6.69. The number of fused-ring (bicyclic) bond motifs is 1. The fourth-order valence-electron chi connectivity index (χ4n) is 4.31. The van der Waals surface area contributed by atoms with E-state index in [2.05, 4.69) is 26.2 Å². The summed E-state index contributed by atoms with van der Waals surface area (Å²) in [5.74, 6) is 0.797. The Morgan fingerprint density at radius 3 is 2.55 bits per heavy atom. The van der Waals surface area contributed by atoms with E-state index in [1.165, 1.54) is 6.42 Å². The van der Waals surface area contributed by atoms with Crippen LogP contribution in [0.5, 0.6) is 0 Å². The molecule has 0 N–H and O–H groups in total. The Morgan fingerprint density at radius 2 is 1.95 bits per heavy atom. The monoisotopic (exact) mass is 296 g/mol. The Bertz CT molecular complexity index is 384. The molecule has 20 heavy (non-hydrogen) atoms. The lowest BCUT2D eigenvalue weighted by atomic mass is 9.79. The van der Waals surface area contributed by atoms with Crippen molar-refractivity contribution in [2.24, 2.45) is 11.8 Å². The smallest absolute Gasteiger partial charge is 0.184 e. The van der Waals surface area contributed by atoms with Gasteiger partial charge in [-0.1, -0.05) is 6.08 Å². The summed E-state index contributed by atoms with van der Waals surface area (Å²) in [6.45, 7) is 12.3. The third-order valence-electron chi connectivity index (χ3n) is 5.00. The van der Waals surface area contributed by atoms with Crippen LogP contribution in [0, 0.1) is 11.8 Å². The third-order valence-corrected chi connectivity index (χ3v) is 6.01. The first-order chi connectivity index (χ1) is 9.41. The third kappa shape index (κ3) is 2.52. The number of ether oxygens (including phenoxy) is 2. The summed E-state index contributed by atoms with van der Waals surface area (Å²) >= 11 is 0. The Morgan fingerprint density at radius 1 is 1.25 bits per heavy atom. The highest BCUT2D eigenvalue weighted by atomic mass is 28.4. The van der Waals surface area contributed by atoms with Crippen molar-refractivity contribution in [1.82, 2.24) is 0 Å². The van der Waals surface area contributed by atoms with Gasteiger partial charge in [0.2, 0.25) is 0 Å². The quantitative estimate of drug-likeness (QED) is 0.572. The summed E-state index contributed by atoms with van der Waals surface area (Å²) in [5, 5.41) is 0. The summed E-state index contributed by atoms with van der Waals surface area (Å²) in [7, 11) is -1.49. The minimum absolute atomic E-state index is 0.150. The van der Waals surface area contributed by atoms with Gasteiger partial charge in [-0.2, -0.15) is 0 Å². The molecule has 0 bridgehead atoms. The molecule has 2 saturated carbocycles. The standard InChI is InChI=1S/C16H28O3Si/c1-5-6-7-13-14-12-15(14,19-20(2,3)4)8-9-16(13)17-10-11-18-16/h5,13-14H,1,6-12H2,2-4H3/t13-,14-,15+/m1/s1. The van der Waals surface area contributed by atoms with Crippen molar-refractivity contribution >= 4 is 8.32 Å². The molecule has 1 spiro atoms. The molecule has 1 heterocycles. The lowest BCUT2D eigenvalue weighted by Gasteiger charge is -2.43. The van der Waals surface area contributed by atoms with Gasteiger partial charge in [-0.3, -0.25) is 0 Å². The van der Waals surface area contributed by atoms with Crippen molar-refractivity contribution in [2.45, 2.75) is 63.1 Å². The summed E-state index contributed by atoms with van der Waals surface area (Å²) in [4.78, 5) is 0. The molecular weight excluding hydrogens is 268 g/mol. The predicted octanol–water partition coefficient (Wildman–Crippen LogP) is 3.72. The molecular formula is C16H28O3Si. The van der Waals surface area contributed by atoms with Gasteiger partial charge in [-0.25, -0.2) is 0 Å². The first kappa shape index (κ1) is 14.8. The molecule has 3 nitrogen and oxygen atoms in total. The number of hydrogen-bond acceptors (Lipinski definition) is 3. The summed E-state index contributed by atoms with van der Waals surface area (Å²) < 4.78 is 18.7. The van der Waals surface area contributed by atoms with Crippen LogP contribution >= 0.6 is 0 Å². The minimum atomic E-state index is -1.49. The molecule has 3 fully saturated rings. The van der Waals surface area contributed by atoms with Crippen molar-refractivity contribution in [3.05, 3.63) is 12.7 Å². The van der Waals surface area contributed by atoms with E-state index in [1.807, 2.05) is 6.08 Å². The van der Waals surface area contributed by atoms with Crippen molar-refractivity contribution in [2.75, 3.05) is 13.2 Å². The molecule has 0 aromatic rings. The molecule has 0 amide bonds. The van der Waals surface area contributed by atoms with Gasteiger partial charge in [0.1, 0.15) is 0 Å². The molecule has 3 rings (SSSR count). The van der Waals surface area contributed by atoms with E-state index in [0.717, 1.165) is 38.9 Å². The molecule has 114 valence electrons. The van der Waals surface area contributed by atoms with Crippen LogP contribution in [0.15, 0.2) is 12.7 Å². The van der Waals surface area contributed by atoms with Gasteiger partial charge >= 0.3 is 0 Å². The molecule has 1 aliphatic heterocycles. The van der Waals surface area contributed by atoms with Gasteiger partial charge in [0.25, 0.3) is 0 Å². The van der Waals surface area contributed by atoms with Crippen LogP contribution in [0.25, 0.3) is 0 Å². The maximum Gasteiger partial charge on any atom is 0.184 e. The van der Waals surface area contributed by atoms with E-state index in [9.17, 15) is 0 Å². The second-order valence-corrected chi connectivity index (χ2v) is 12.0. The van der Waals surface area contributed by atoms with Gasteiger partial charge in [0, 0.05) is 12.3 Å². The number of allylic oxidation sites excluding steroid dienone is 1. The summed E-state index contributed by atoms with van der Waals surface area (Å²) in [5.41, 5.74) is 0.150. The largest absolute Gasteiger partial charge is 0.412 e. The van der Waals surface area contributed by atoms with E-state index in [4.69, 9.17) is 13.9 Å². The lowest BCUT2D eigenvalue weighted by molar-refractivity contribution is -0.226. The minimum Gasteiger partial charge on any atom is -0.412 e. The molecule has 3 atom stereocenters. The highest BCUT2D eigenvalue weighted by Gasteiger charge is 2.68. The van der Waals surface area contributed by atoms with Crippen LogP contribution in [-0.2, 0) is 13.9 Å². The zero-order valence-corrected chi connectivity index (χ0v) is 14.1. The maximum atomic E-state index is 6.56. The van der Waals surface area contributed by atoms with Crippen molar-refractivity contribution in [1.29, 1.82) is 0 Å². The molecule has 3 aliphatic rings. The van der Waals surface area contributed by atoms with Crippen LogP contribution in [0.3, 0.4) is 0 Å². The molecule has 0 aromatic carbocycles. The second kappa shape index (κ2) is 4.94. The fourth-order valence-corrected chi connectivity index (χ4v) is 5.87. The Kier molecular flexibility index (Phi) is 3.64. The summed E-state index contributed by atoms with van der Waals surface area (Å²) in [6.07, 6.45) is 7.47. The van der Waals surface area contributed by atoms with Gasteiger partial charge in [0.05, 0.1) is 18.8 Å². The van der Waals surface area contributed by atoms with E-state index in [0.29, 0.717) is 11.8 Å². The SMILES string of the molecule is C=CCC[C@@H]1[C@H]2C[C@@]2(O[Si](C)(C)C)CCC12OCCO2. The number of rotatable bonds is 5. The molecule has 0 radical (unpaired) electrons. The summed E-state index contributed by atoms with van der Waals surface area (Å²) in [6, 6.07) is 0. The van der Waals surface area contributed by atoms with E-state index in [1.54, 1.807) is 0 Å². The lowest BCUT2D eigenvalue weighted by Crippen LogP contribution is -2.49. The van der Waals surface area contributed by atoms with Crippen LogP contribution in [0.2, 0.25) is 19.6 Å².